The molecule has 1 aliphatic heterocycles. The summed E-state index contributed by atoms with van der Waals surface area (Å²) in [6.07, 6.45) is 3.73. The molecule has 0 aromatic rings. The number of rotatable bonds is 0. The molecule has 1 aliphatic rings. The first-order valence-electron chi connectivity index (χ1n) is 2.98. The predicted octanol–water partition coefficient (Wildman–Crippen LogP) is 1.90. The van der Waals surface area contributed by atoms with Gasteiger partial charge in [0.2, 0.25) is 0 Å². The van der Waals surface area contributed by atoms with Crippen molar-refractivity contribution in [1.29, 1.82) is 0 Å². The number of hydrogen-bond donors (Lipinski definition) is 0. The Morgan fingerprint density at radius 2 is 2.50 bits per heavy atom. The van der Waals surface area contributed by atoms with Crippen LogP contribution in [0.3, 0.4) is 0 Å². The Bertz CT molecular complexity index is 101. The summed E-state index contributed by atoms with van der Waals surface area (Å²) in [6.45, 7) is 2.06. The molecule has 0 spiro atoms. The van der Waals surface area contributed by atoms with Crippen LogP contribution in [0.25, 0.3) is 0 Å². The average Bonchev–Trinajstić information content (AvgIpc) is 1.64. The lowest BCUT2D eigenvalue weighted by atomic mass is 10.1. The van der Waals surface area contributed by atoms with Crippen molar-refractivity contribution in [3.8, 4) is 0 Å². The Balaban J connectivity index is 2.34. The van der Waals surface area contributed by atoms with Gasteiger partial charge in [-0.1, -0.05) is 0 Å². The number of thiocarbonyl (C=S) groups is 1. The highest BCUT2D eigenvalue weighted by atomic mass is 32.1. The van der Waals surface area contributed by atoms with Gasteiger partial charge in [-0.25, -0.2) is 0 Å². The summed E-state index contributed by atoms with van der Waals surface area (Å²) >= 11 is 4.86. The maximum absolute atomic E-state index is 5.22. The van der Waals surface area contributed by atoms with Crippen molar-refractivity contribution in [2.24, 2.45) is 0 Å². The van der Waals surface area contributed by atoms with E-state index in [0.717, 1.165) is 11.5 Å². The minimum absolute atomic E-state index is 0.372. The molecular weight excluding hydrogens is 120 g/mol. The van der Waals surface area contributed by atoms with Crippen molar-refractivity contribution < 1.29 is 4.74 Å². The van der Waals surface area contributed by atoms with Gasteiger partial charge >= 0.3 is 0 Å². The Labute approximate surface area is 55.0 Å². The Hall–Kier alpha value is -0.110. The van der Waals surface area contributed by atoms with Gasteiger partial charge in [-0.05, 0) is 32.0 Å². The van der Waals surface area contributed by atoms with Gasteiger partial charge in [0.05, 0.1) is 6.10 Å². The second kappa shape index (κ2) is 2.44. The molecular formula is C6H10OS. The van der Waals surface area contributed by atoms with Crippen LogP contribution in [0.15, 0.2) is 0 Å². The van der Waals surface area contributed by atoms with Gasteiger partial charge in [0.15, 0.2) is 5.05 Å². The van der Waals surface area contributed by atoms with Gasteiger partial charge in [-0.15, -0.1) is 0 Å². The second-order valence-corrected chi connectivity index (χ2v) is 2.65. The third-order valence-electron chi connectivity index (χ3n) is 1.32. The topological polar surface area (TPSA) is 9.23 Å². The molecule has 0 amide bonds. The van der Waals surface area contributed by atoms with E-state index in [4.69, 9.17) is 17.0 Å². The normalized spacial score (nSPS) is 29.6. The molecule has 1 heterocycles. The molecule has 0 radical (unpaired) electrons. The first-order valence-corrected chi connectivity index (χ1v) is 3.39. The number of hydrogen-bond acceptors (Lipinski definition) is 2. The monoisotopic (exact) mass is 130 g/mol. The van der Waals surface area contributed by atoms with Crippen LogP contribution in [-0.2, 0) is 4.74 Å². The van der Waals surface area contributed by atoms with Gasteiger partial charge in [0.25, 0.3) is 0 Å². The van der Waals surface area contributed by atoms with Gasteiger partial charge < -0.3 is 4.74 Å². The average molecular weight is 130 g/mol. The molecule has 1 nitrogen and oxygen atoms in total. The van der Waals surface area contributed by atoms with Crippen LogP contribution in [0.1, 0.15) is 26.2 Å². The minimum Gasteiger partial charge on any atom is -0.484 e. The summed E-state index contributed by atoms with van der Waals surface area (Å²) in [6, 6.07) is 0. The zero-order valence-corrected chi connectivity index (χ0v) is 5.83. The van der Waals surface area contributed by atoms with E-state index in [0.29, 0.717) is 6.10 Å². The van der Waals surface area contributed by atoms with E-state index in [1.165, 1.54) is 12.8 Å². The van der Waals surface area contributed by atoms with Crippen LogP contribution >= 0.6 is 12.2 Å². The fourth-order valence-electron chi connectivity index (χ4n) is 0.876. The largest absolute Gasteiger partial charge is 0.484 e. The molecule has 0 aromatic heterocycles. The molecule has 1 rings (SSSR count). The fraction of sp³-hybridized carbons (Fsp3) is 0.833. The molecule has 0 saturated carbocycles. The first kappa shape index (κ1) is 6.02. The van der Waals surface area contributed by atoms with Crippen LogP contribution in [0.5, 0.6) is 0 Å². The first-order chi connectivity index (χ1) is 3.79. The highest BCUT2D eigenvalue weighted by Crippen LogP contribution is 2.13. The van der Waals surface area contributed by atoms with E-state index in [2.05, 4.69) is 6.92 Å². The van der Waals surface area contributed by atoms with Gasteiger partial charge in [-0.2, -0.15) is 0 Å². The smallest absolute Gasteiger partial charge is 0.160 e. The summed E-state index contributed by atoms with van der Waals surface area (Å²) in [5.41, 5.74) is 0. The highest BCUT2D eigenvalue weighted by Gasteiger charge is 2.11. The molecule has 2 heteroatoms. The molecule has 0 aromatic carbocycles. The molecule has 0 aliphatic carbocycles. The predicted molar refractivity (Wildman–Crippen MR) is 37.0 cm³/mol. The molecule has 1 atom stereocenters. The summed E-state index contributed by atoms with van der Waals surface area (Å²) in [4.78, 5) is 0. The Morgan fingerprint density at radius 3 is 2.88 bits per heavy atom. The summed E-state index contributed by atoms with van der Waals surface area (Å²) in [5.74, 6) is 0. The van der Waals surface area contributed by atoms with Crippen LogP contribution < -0.4 is 0 Å². The molecule has 1 saturated heterocycles. The Kier molecular flexibility index (Phi) is 1.84. The molecule has 1 fully saturated rings. The minimum atomic E-state index is 0.372. The highest BCUT2D eigenvalue weighted by molar-refractivity contribution is 7.80. The summed E-state index contributed by atoms with van der Waals surface area (Å²) < 4.78 is 5.22. The maximum Gasteiger partial charge on any atom is 0.160 e. The van der Waals surface area contributed by atoms with E-state index in [-0.39, 0.29) is 0 Å². The zero-order valence-electron chi connectivity index (χ0n) is 5.02. The van der Waals surface area contributed by atoms with E-state index in [1.807, 2.05) is 0 Å². The molecule has 8 heavy (non-hydrogen) atoms. The Morgan fingerprint density at radius 1 is 1.75 bits per heavy atom. The summed E-state index contributed by atoms with van der Waals surface area (Å²) in [7, 11) is 0. The SMILES string of the molecule is CC1CCCC(=S)O1. The van der Waals surface area contributed by atoms with Crippen LogP contribution in [-0.4, -0.2) is 11.2 Å². The van der Waals surface area contributed by atoms with E-state index >= 15 is 0 Å². The van der Waals surface area contributed by atoms with Crippen molar-refractivity contribution in [3.63, 3.8) is 0 Å². The van der Waals surface area contributed by atoms with Crippen molar-refractivity contribution in [2.75, 3.05) is 0 Å². The van der Waals surface area contributed by atoms with E-state index in [9.17, 15) is 0 Å². The van der Waals surface area contributed by atoms with Gasteiger partial charge in [0.1, 0.15) is 0 Å². The van der Waals surface area contributed by atoms with Gasteiger partial charge in [-0.3, -0.25) is 0 Å². The van der Waals surface area contributed by atoms with E-state index in [1.54, 1.807) is 0 Å². The van der Waals surface area contributed by atoms with Crippen molar-refractivity contribution in [1.82, 2.24) is 0 Å². The van der Waals surface area contributed by atoms with E-state index < -0.39 is 0 Å². The lowest BCUT2D eigenvalue weighted by Gasteiger charge is -2.19. The summed E-state index contributed by atoms with van der Waals surface area (Å²) in [5, 5.41) is 0.795. The van der Waals surface area contributed by atoms with Crippen LogP contribution in [0, 0.1) is 0 Å². The van der Waals surface area contributed by atoms with Gasteiger partial charge in [0, 0.05) is 6.42 Å². The lowest BCUT2D eigenvalue weighted by molar-refractivity contribution is 0.174. The number of ether oxygens (including phenoxy) is 1. The van der Waals surface area contributed by atoms with Crippen LogP contribution in [0.4, 0.5) is 0 Å². The van der Waals surface area contributed by atoms with Crippen molar-refractivity contribution >= 4 is 17.3 Å². The van der Waals surface area contributed by atoms with Crippen molar-refractivity contribution in [3.05, 3.63) is 0 Å². The zero-order chi connectivity index (χ0) is 5.98. The lowest BCUT2D eigenvalue weighted by Crippen LogP contribution is -2.18. The van der Waals surface area contributed by atoms with Crippen molar-refractivity contribution in [2.45, 2.75) is 32.3 Å². The molecule has 1 unspecified atom stereocenters. The molecule has 0 N–H and O–H groups in total. The third kappa shape index (κ3) is 1.44. The fourth-order valence-corrected chi connectivity index (χ4v) is 1.18. The molecule has 46 valence electrons. The second-order valence-electron chi connectivity index (χ2n) is 2.19. The van der Waals surface area contributed by atoms with Crippen LogP contribution in [0.2, 0.25) is 0 Å². The third-order valence-corrected chi connectivity index (χ3v) is 1.62. The molecule has 0 bridgehead atoms. The quantitative estimate of drug-likeness (QED) is 0.463. The standard InChI is InChI=1S/C6H10OS/c1-5-3-2-4-6(8)7-5/h5H,2-4H2,1H3. The maximum atomic E-state index is 5.22.